The molecule has 1 fully saturated rings. The quantitative estimate of drug-likeness (QED) is 0.728. The third-order valence-electron chi connectivity index (χ3n) is 4.13. The first-order valence-electron chi connectivity index (χ1n) is 9.13. The van der Waals surface area contributed by atoms with Gasteiger partial charge in [0, 0.05) is 17.2 Å². The minimum atomic E-state index is -0.240. The molecule has 1 aliphatic heterocycles. The number of ether oxygens (including phenoxy) is 3. The number of benzene rings is 2. The highest BCUT2D eigenvalue weighted by Crippen LogP contribution is 2.29. The van der Waals surface area contributed by atoms with Crippen LogP contribution in [0.2, 0.25) is 5.02 Å². The van der Waals surface area contributed by atoms with Gasteiger partial charge in [-0.05, 0) is 69.2 Å². The smallest absolute Gasteiger partial charge is 0.255 e. The largest absolute Gasteiger partial charge is 0.491 e. The summed E-state index contributed by atoms with van der Waals surface area (Å²) in [6.45, 7) is 5.14. The number of anilines is 1. The Kier molecular flexibility index (Phi) is 6.58. The molecule has 3 rings (SSSR count). The summed E-state index contributed by atoms with van der Waals surface area (Å²) in [5.41, 5.74) is 1.06. The predicted molar refractivity (Wildman–Crippen MR) is 106 cm³/mol. The fraction of sp³-hybridized carbons (Fsp3) is 0.381. The molecule has 1 N–H and O–H groups in total. The van der Waals surface area contributed by atoms with Crippen molar-refractivity contribution in [1.82, 2.24) is 0 Å². The second-order valence-corrected chi connectivity index (χ2v) is 7.17. The minimum Gasteiger partial charge on any atom is -0.491 e. The second-order valence-electron chi connectivity index (χ2n) is 6.73. The Morgan fingerprint density at radius 3 is 2.70 bits per heavy atom. The second kappa shape index (κ2) is 9.11. The van der Waals surface area contributed by atoms with Gasteiger partial charge in [0.1, 0.15) is 18.1 Å². The molecule has 1 heterocycles. The summed E-state index contributed by atoms with van der Waals surface area (Å²) < 4.78 is 17.0. The number of amides is 1. The van der Waals surface area contributed by atoms with Gasteiger partial charge >= 0.3 is 0 Å². The standard InChI is InChI=1S/C21H24ClNO4/c1-14(2)27-17-8-5-15(6-9-17)21(24)23-19-12-16(22)7-10-20(19)26-13-18-4-3-11-25-18/h5-10,12,14,18H,3-4,11,13H2,1-2H3,(H,23,24)/t18-/m1/s1. The highest BCUT2D eigenvalue weighted by atomic mass is 35.5. The van der Waals surface area contributed by atoms with Crippen LogP contribution in [0.1, 0.15) is 37.0 Å². The third kappa shape index (κ3) is 5.62. The molecule has 2 aromatic rings. The zero-order valence-corrected chi connectivity index (χ0v) is 16.3. The summed E-state index contributed by atoms with van der Waals surface area (Å²) in [6, 6.07) is 12.2. The van der Waals surface area contributed by atoms with Gasteiger partial charge in [0.25, 0.3) is 5.91 Å². The van der Waals surface area contributed by atoms with Crippen LogP contribution in [0.3, 0.4) is 0 Å². The average Bonchev–Trinajstić information content (AvgIpc) is 3.14. The van der Waals surface area contributed by atoms with Crippen LogP contribution in [0.4, 0.5) is 5.69 Å². The van der Waals surface area contributed by atoms with Crippen molar-refractivity contribution in [3.8, 4) is 11.5 Å². The summed E-state index contributed by atoms with van der Waals surface area (Å²) in [6.07, 6.45) is 2.21. The van der Waals surface area contributed by atoms with E-state index in [0.29, 0.717) is 28.6 Å². The summed E-state index contributed by atoms with van der Waals surface area (Å²) in [5.74, 6) is 1.06. The molecule has 1 aliphatic rings. The number of halogens is 1. The van der Waals surface area contributed by atoms with Crippen molar-refractivity contribution in [3.05, 3.63) is 53.1 Å². The zero-order valence-electron chi connectivity index (χ0n) is 15.5. The van der Waals surface area contributed by atoms with Crippen LogP contribution in [0.5, 0.6) is 11.5 Å². The van der Waals surface area contributed by atoms with E-state index in [-0.39, 0.29) is 18.1 Å². The molecule has 1 atom stereocenters. The maximum absolute atomic E-state index is 12.6. The van der Waals surface area contributed by atoms with Gasteiger partial charge in [0.15, 0.2) is 0 Å². The molecule has 27 heavy (non-hydrogen) atoms. The van der Waals surface area contributed by atoms with E-state index in [1.165, 1.54) is 0 Å². The lowest BCUT2D eigenvalue weighted by Gasteiger charge is -2.16. The van der Waals surface area contributed by atoms with Crippen LogP contribution < -0.4 is 14.8 Å². The van der Waals surface area contributed by atoms with Crippen molar-refractivity contribution in [1.29, 1.82) is 0 Å². The van der Waals surface area contributed by atoms with E-state index in [1.54, 1.807) is 42.5 Å². The number of rotatable bonds is 7. The molecule has 2 aromatic carbocycles. The zero-order chi connectivity index (χ0) is 19.2. The Hall–Kier alpha value is -2.24. The molecule has 6 heteroatoms. The molecule has 0 aliphatic carbocycles. The first-order valence-corrected chi connectivity index (χ1v) is 9.51. The van der Waals surface area contributed by atoms with Gasteiger partial charge in [-0.2, -0.15) is 0 Å². The fourth-order valence-corrected chi connectivity index (χ4v) is 3.01. The Bertz CT molecular complexity index is 770. The molecule has 0 unspecified atom stereocenters. The van der Waals surface area contributed by atoms with Crippen molar-refractivity contribution in [2.45, 2.75) is 38.9 Å². The topological polar surface area (TPSA) is 56.8 Å². The Balaban J connectivity index is 1.67. The molecule has 5 nitrogen and oxygen atoms in total. The summed E-state index contributed by atoms with van der Waals surface area (Å²) in [5, 5.41) is 3.40. The minimum absolute atomic E-state index is 0.0830. The van der Waals surface area contributed by atoms with Gasteiger partial charge in [-0.25, -0.2) is 0 Å². The number of carbonyl (C=O) groups excluding carboxylic acids is 1. The predicted octanol–water partition coefficient (Wildman–Crippen LogP) is 4.94. The van der Waals surface area contributed by atoms with Gasteiger partial charge in [-0.1, -0.05) is 11.6 Å². The fourth-order valence-electron chi connectivity index (χ4n) is 2.84. The first-order chi connectivity index (χ1) is 13.0. The Morgan fingerprint density at radius 1 is 1.26 bits per heavy atom. The summed E-state index contributed by atoms with van der Waals surface area (Å²) in [7, 11) is 0. The van der Waals surface area contributed by atoms with Crippen molar-refractivity contribution in [2.75, 3.05) is 18.5 Å². The maximum Gasteiger partial charge on any atom is 0.255 e. The van der Waals surface area contributed by atoms with Gasteiger partial charge in [-0.3, -0.25) is 4.79 Å². The third-order valence-corrected chi connectivity index (χ3v) is 4.36. The molecule has 0 bridgehead atoms. The van der Waals surface area contributed by atoms with Crippen LogP contribution in [-0.2, 0) is 4.74 Å². The van der Waals surface area contributed by atoms with E-state index < -0.39 is 0 Å². The molecule has 1 saturated heterocycles. The number of hydrogen-bond acceptors (Lipinski definition) is 4. The van der Waals surface area contributed by atoms with Crippen LogP contribution in [-0.4, -0.2) is 31.3 Å². The van der Waals surface area contributed by atoms with E-state index in [4.69, 9.17) is 25.8 Å². The summed E-state index contributed by atoms with van der Waals surface area (Å²) in [4.78, 5) is 12.6. The molecular formula is C21H24ClNO4. The monoisotopic (exact) mass is 389 g/mol. The number of nitrogens with one attached hydrogen (secondary N) is 1. The SMILES string of the molecule is CC(C)Oc1ccc(C(=O)Nc2cc(Cl)ccc2OC[C@H]2CCCO2)cc1. The van der Waals surface area contributed by atoms with Crippen LogP contribution in [0, 0.1) is 0 Å². The lowest BCUT2D eigenvalue weighted by molar-refractivity contribution is 0.0682. The van der Waals surface area contributed by atoms with Crippen molar-refractivity contribution in [2.24, 2.45) is 0 Å². The van der Waals surface area contributed by atoms with Crippen molar-refractivity contribution in [3.63, 3.8) is 0 Å². The van der Waals surface area contributed by atoms with Gasteiger partial charge in [-0.15, -0.1) is 0 Å². The number of carbonyl (C=O) groups is 1. The highest BCUT2D eigenvalue weighted by molar-refractivity contribution is 6.31. The van der Waals surface area contributed by atoms with Crippen LogP contribution in [0.15, 0.2) is 42.5 Å². The lowest BCUT2D eigenvalue weighted by Crippen LogP contribution is -2.18. The molecule has 0 aromatic heterocycles. The van der Waals surface area contributed by atoms with Crippen molar-refractivity contribution >= 4 is 23.2 Å². The van der Waals surface area contributed by atoms with E-state index in [0.717, 1.165) is 25.2 Å². The van der Waals surface area contributed by atoms with Gasteiger partial charge in [0.2, 0.25) is 0 Å². The molecule has 0 saturated carbocycles. The first kappa shape index (κ1) is 19.5. The van der Waals surface area contributed by atoms with Crippen molar-refractivity contribution < 1.29 is 19.0 Å². The van der Waals surface area contributed by atoms with E-state index in [2.05, 4.69) is 5.32 Å². The molecule has 1 amide bonds. The van der Waals surface area contributed by atoms with E-state index in [9.17, 15) is 4.79 Å². The lowest BCUT2D eigenvalue weighted by atomic mass is 10.2. The van der Waals surface area contributed by atoms with E-state index in [1.807, 2.05) is 13.8 Å². The van der Waals surface area contributed by atoms with Crippen LogP contribution >= 0.6 is 11.6 Å². The number of hydrogen-bond donors (Lipinski definition) is 1. The molecule has 144 valence electrons. The molecular weight excluding hydrogens is 366 g/mol. The van der Waals surface area contributed by atoms with Gasteiger partial charge in [0.05, 0.1) is 17.9 Å². The highest BCUT2D eigenvalue weighted by Gasteiger charge is 2.18. The average molecular weight is 390 g/mol. The van der Waals surface area contributed by atoms with E-state index >= 15 is 0 Å². The van der Waals surface area contributed by atoms with Gasteiger partial charge < -0.3 is 19.5 Å². The summed E-state index contributed by atoms with van der Waals surface area (Å²) >= 11 is 6.09. The molecule has 0 radical (unpaired) electrons. The molecule has 0 spiro atoms. The Morgan fingerprint density at radius 2 is 2.04 bits per heavy atom. The Labute approximate surface area is 164 Å². The van der Waals surface area contributed by atoms with Crippen LogP contribution in [0.25, 0.3) is 0 Å². The maximum atomic E-state index is 12.6. The normalized spacial score (nSPS) is 16.4.